The molecule has 0 aromatic carbocycles. The van der Waals surface area contributed by atoms with Crippen LogP contribution in [-0.2, 0) is 0 Å². The lowest BCUT2D eigenvalue weighted by atomic mass is 10.1. The first-order valence-corrected chi connectivity index (χ1v) is 9.08. The number of aromatic amines is 1. The molecular weight excluding hydrogens is 332 g/mol. The van der Waals surface area contributed by atoms with Crippen LogP contribution in [0.3, 0.4) is 0 Å². The van der Waals surface area contributed by atoms with Crippen LogP contribution >= 0.6 is 0 Å². The molecule has 0 unspecified atom stereocenters. The van der Waals surface area contributed by atoms with Crippen LogP contribution in [-0.4, -0.2) is 75.7 Å². The number of hydrogen-bond acceptors (Lipinski definition) is 7. The van der Waals surface area contributed by atoms with Crippen molar-refractivity contribution in [3.63, 3.8) is 0 Å². The third-order valence-electron chi connectivity index (χ3n) is 4.66. The Bertz CT molecular complexity index is 758. The number of anilines is 1. The maximum absolute atomic E-state index is 12.5. The number of H-pyrrole nitrogens is 1. The van der Waals surface area contributed by atoms with Crippen LogP contribution in [0.4, 0.5) is 5.82 Å². The molecule has 2 aromatic rings. The van der Waals surface area contributed by atoms with Crippen LogP contribution in [0.25, 0.3) is 11.0 Å². The van der Waals surface area contributed by atoms with E-state index in [1.165, 1.54) is 6.33 Å². The molecule has 142 valence electrons. The van der Waals surface area contributed by atoms with E-state index in [0.29, 0.717) is 17.0 Å². The summed E-state index contributed by atoms with van der Waals surface area (Å²) in [6.07, 6.45) is 6.31. The Hall–Kier alpha value is -2.23. The van der Waals surface area contributed by atoms with Crippen LogP contribution in [0.5, 0.6) is 0 Å². The van der Waals surface area contributed by atoms with E-state index in [9.17, 15) is 4.79 Å². The zero-order valence-electron chi connectivity index (χ0n) is 15.7. The topological polar surface area (TPSA) is 106 Å². The molecule has 2 aromatic heterocycles. The maximum atomic E-state index is 12.5. The van der Waals surface area contributed by atoms with Crippen molar-refractivity contribution in [2.75, 3.05) is 39.0 Å². The van der Waals surface area contributed by atoms with Gasteiger partial charge < -0.3 is 15.2 Å². The van der Waals surface area contributed by atoms with Crippen molar-refractivity contribution in [2.24, 2.45) is 5.84 Å². The van der Waals surface area contributed by atoms with E-state index in [2.05, 4.69) is 32.2 Å². The molecule has 1 fully saturated rings. The fourth-order valence-corrected chi connectivity index (χ4v) is 3.35. The van der Waals surface area contributed by atoms with Gasteiger partial charge in [0.25, 0.3) is 5.91 Å². The van der Waals surface area contributed by atoms with Crippen molar-refractivity contribution in [1.29, 1.82) is 0 Å². The van der Waals surface area contributed by atoms with Gasteiger partial charge in [0.15, 0.2) is 0 Å². The van der Waals surface area contributed by atoms with Gasteiger partial charge >= 0.3 is 0 Å². The van der Waals surface area contributed by atoms with Gasteiger partial charge in [-0.1, -0.05) is 6.92 Å². The first-order valence-electron chi connectivity index (χ1n) is 9.08. The first-order chi connectivity index (χ1) is 12.5. The van der Waals surface area contributed by atoms with Gasteiger partial charge in [-0.2, -0.15) is 5.12 Å². The molecule has 4 N–H and O–H groups in total. The van der Waals surface area contributed by atoms with Crippen LogP contribution in [0.15, 0.2) is 12.5 Å². The third-order valence-corrected chi connectivity index (χ3v) is 4.66. The summed E-state index contributed by atoms with van der Waals surface area (Å²) in [7, 11) is 3.47. The third kappa shape index (κ3) is 3.79. The number of amides is 1. The number of carbonyl (C=O) groups is 1. The normalized spacial score (nSPS) is 18.4. The second kappa shape index (κ2) is 7.98. The van der Waals surface area contributed by atoms with E-state index in [0.717, 1.165) is 44.3 Å². The number of nitrogens with two attached hydrogens (primary N) is 1. The lowest BCUT2D eigenvalue weighted by Gasteiger charge is -2.38. The van der Waals surface area contributed by atoms with Crippen LogP contribution < -0.4 is 11.2 Å². The minimum Gasteiger partial charge on any atom is -0.365 e. The summed E-state index contributed by atoms with van der Waals surface area (Å²) in [5.74, 6) is 6.75. The van der Waals surface area contributed by atoms with E-state index >= 15 is 0 Å². The Balaban J connectivity index is 1.82. The summed E-state index contributed by atoms with van der Waals surface area (Å²) in [5.41, 5.74) is 1.24. The van der Waals surface area contributed by atoms with Gasteiger partial charge in [-0.25, -0.2) is 15.0 Å². The highest BCUT2D eigenvalue weighted by molar-refractivity contribution is 6.09. The molecule has 0 aliphatic carbocycles. The lowest BCUT2D eigenvalue weighted by Crippen LogP contribution is -2.54. The summed E-state index contributed by atoms with van der Waals surface area (Å²) in [6, 6.07) is 0.210. The molecule has 1 amide bonds. The minimum absolute atomic E-state index is 0.0737. The minimum atomic E-state index is -0.0737. The monoisotopic (exact) mass is 360 g/mol. The van der Waals surface area contributed by atoms with E-state index < -0.39 is 0 Å². The number of nitrogens with one attached hydrogen (secondary N) is 2. The van der Waals surface area contributed by atoms with Crippen molar-refractivity contribution < 1.29 is 4.79 Å². The molecule has 0 saturated carbocycles. The predicted octanol–water partition coefficient (Wildman–Crippen LogP) is 1.04. The zero-order chi connectivity index (χ0) is 18.7. The van der Waals surface area contributed by atoms with E-state index in [1.807, 2.05) is 0 Å². The molecule has 9 heteroatoms. The number of carbonyl (C=O) groups excluding carboxylic acids is 1. The molecule has 9 nitrogen and oxygen atoms in total. The van der Waals surface area contributed by atoms with Gasteiger partial charge in [-0.05, 0) is 19.3 Å². The molecular formula is C17H28N8O. The Morgan fingerprint density at radius 2 is 2.27 bits per heavy atom. The number of fused-ring (bicyclic) bond motifs is 1. The average Bonchev–Trinajstić information content (AvgIpc) is 3.06. The lowest BCUT2D eigenvalue weighted by molar-refractivity contribution is -0.0439. The number of nitrogens with zero attached hydrogens (tertiary/aromatic N) is 5. The quantitative estimate of drug-likeness (QED) is 0.522. The molecule has 0 bridgehead atoms. The number of hydrazine groups is 2. The van der Waals surface area contributed by atoms with Crippen LogP contribution in [0, 0.1) is 0 Å². The predicted molar refractivity (Wildman–Crippen MR) is 101 cm³/mol. The van der Waals surface area contributed by atoms with Gasteiger partial charge in [-0.15, -0.1) is 0 Å². The van der Waals surface area contributed by atoms with Gasteiger partial charge in [0.05, 0.1) is 10.9 Å². The Morgan fingerprint density at radius 1 is 1.46 bits per heavy atom. The summed E-state index contributed by atoms with van der Waals surface area (Å²) in [6.45, 7) is 4.72. The maximum Gasteiger partial charge on any atom is 0.255 e. The molecule has 1 aliphatic rings. The molecule has 0 spiro atoms. The number of hydrogen-bond donors (Lipinski definition) is 3. The second-order valence-electron chi connectivity index (χ2n) is 6.91. The SMILES string of the molecule is CCCN(N)N1CCC[C@@H](Nc2ncnc3[nH]cc(C(=O)N(C)C)c23)C1. The average molecular weight is 360 g/mol. The van der Waals surface area contributed by atoms with Gasteiger partial charge in [0.1, 0.15) is 17.8 Å². The fraction of sp³-hybridized carbons (Fsp3) is 0.588. The van der Waals surface area contributed by atoms with Gasteiger partial charge in [0, 0.05) is 46.0 Å². The standard InChI is InChI=1S/C17H28N8O/c1-4-7-25(18)24-8-5-6-12(10-24)22-16-14-13(17(26)23(2)3)9-19-15(14)20-11-21-16/h9,11-12H,4-8,10,18H2,1-3H3,(H2,19,20,21,22)/t12-/m1/s1. The molecule has 1 saturated heterocycles. The van der Waals surface area contributed by atoms with Crippen LogP contribution in [0.1, 0.15) is 36.5 Å². The number of aromatic nitrogens is 3. The molecule has 26 heavy (non-hydrogen) atoms. The summed E-state index contributed by atoms with van der Waals surface area (Å²) in [4.78, 5) is 25.7. The van der Waals surface area contributed by atoms with Crippen molar-refractivity contribution in [3.05, 3.63) is 18.1 Å². The van der Waals surface area contributed by atoms with E-state index in [1.54, 1.807) is 30.3 Å². The Morgan fingerprint density at radius 3 is 3.00 bits per heavy atom. The molecule has 1 aliphatic heterocycles. The van der Waals surface area contributed by atoms with Crippen molar-refractivity contribution >= 4 is 22.8 Å². The van der Waals surface area contributed by atoms with Crippen molar-refractivity contribution in [2.45, 2.75) is 32.2 Å². The Labute approximate surface area is 153 Å². The molecule has 0 radical (unpaired) electrons. The first kappa shape index (κ1) is 18.6. The molecule has 1 atom stereocenters. The fourth-order valence-electron chi connectivity index (χ4n) is 3.35. The zero-order valence-corrected chi connectivity index (χ0v) is 15.7. The largest absolute Gasteiger partial charge is 0.365 e. The number of rotatable bonds is 6. The van der Waals surface area contributed by atoms with Crippen molar-refractivity contribution in [3.8, 4) is 0 Å². The smallest absolute Gasteiger partial charge is 0.255 e. The van der Waals surface area contributed by atoms with Gasteiger partial charge in [0.2, 0.25) is 0 Å². The molecule has 3 rings (SSSR count). The van der Waals surface area contributed by atoms with Gasteiger partial charge in [-0.3, -0.25) is 10.6 Å². The molecule has 3 heterocycles. The summed E-state index contributed by atoms with van der Waals surface area (Å²) >= 11 is 0. The highest BCUT2D eigenvalue weighted by Gasteiger charge is 2.25. The van der Waals surface area contributed by atoms with E-state index in [4.69, 9.17) is 5.84 Å². The highest BCUT2D eigenvalue weighted by Crippen LogP contribution is 2.26. The van der Waals surface area contributed by atoms with E-state index in [-0.39, 0.29) is 11.9 Å². The van der Waals surface area contributed by atoms with Crippen LogP contribution in [0.2, 0.25) is 0 Å². The Kier molecular flexibility index (Phi) is 5.70. The summed E-state index contributed by atoms with van der Waals surface area (Å²) < 4.78 is 0. The second-order valence-corrected chi connectivity index (χ2v) is 6.91. The van der Waals surface area contributed by atoms with Crippen molar-refractivity contribution in [1.82, 2.24) is 30.0 Å². The summed E-state index contributed by atoms with van der Waals surface area (Å²) in [5, 5.41) is 8.22. The number of piperidine rings is 1. The highest BCUT2D eigenvalue weighted by atomic mass is 16.2.